The molecule has 2 atom stereocenters. The summed E-state index contributed by atoms with van der Waals surface area (Å²) in [5, 5.41) is 7.88. The van der Waals surface area contributed by atoms with Gasteiger partial charge in [0, 0.05) is 30.4 Å². The molecule has 1 N–H and O–H groups in total. The lowest BCUT2D eigenvalue weighted by molar-refractivity contribution is 0.204. The highest BCUT2D eigenvalue weighted by Crippen LogP contribution is 2.31. The van der Waals surface area contributed by atoms with E-state index in [1.54, 1.807) is 6.20 Å². The molecule has 1 saturated carbocycles. The summed E-state index contributed by atoms with van der Waals surface area (Å²) in [6.45, 7) is 4.10. The van der Waals surface area contributed by atoms with E-state index in [0.29, 0.717) is 11.3 Å². The van der Waals surface area contributed by atoms with Crippen molar-refractivity contribution in [1.29, 1.82) is 0 Å². The maximum absolute atomic E-state index is 12.3. The van der Waals surface area contributed by atoms with Gasteiger partial charge in [0.15, 0.2) is 0 Å². The van der Waals surface area contributed by atoms with Gasteiger partial charge in [0.25, 0.3) is 0 Å². The minimum absolute atomic E-state index is 0.0425. The second-order valence-corrected chi connectivity index (χ2v) is 6.76. The van der Waals surface area contributed by atoms with E-state index in [9.17, 15) is 4.79 Å². The van der Waals surface area contributed by atoms with Crippen LogP contribution in [-0.4, -0.2) is 45.3 Å². The van der Waals surface area contributed by atoms with Crippen LogP contribution in [0.15, 0.2) is 12.3 Å². The molecular formula is C14H24N4OS. The number of nitrogens with zero attached hydrogens (tertiary/aromatic N) is 3. The third kappa shape index (κ3) is 3.29. The molecule has 0 aliphatic heterocycles. The van der Waals surface area contributed by atoms with Gasteiger partial charge in [0.1, 0.15) is 5.82 Å². The van der Waals surface area contributed by atoms with Crippen molar-refractivity contribution in [3.8, 4) is 0 Å². The molecule has 1 aliphatic rings. The molecule has 1 fully saturated rings. The van der Waals surface area contributed by atoms with Crippen molar-refractivity contribution in [2.75, 3.05) is 18.6 Å². The largest absolute Gasteiger partial charge is 0.325 e. The van der Waals surface area contributed by atoms with E-state index in [4.69, 9.17) is 0 Å². The Kier molecular flexibility index (Phi) is 4.96. The number of hydrogen-bond donors (Lipinski definition) is 1. The average Bonchev–Trinajstić information content (AvgIpc) is 3.06. The van der Waals surface area contributed by atoms with Crippen LogP contribution < -0.4 is 5.32 Å². The molecule has 0 aromatic carbocycles. The van der Waals surface area contributed by atoms with Gasteiger partial charge in [-0.2, -0.15) is 16.9 Å². The van der Waals surface area contributed by atoms with Crippen molar-refractivity contribution in [3.63, 3.8) is 0 Å². The van der Waals surface area contributed by atoms with Crippen molar-refractivity contribution in [3.05, 3.63) is 12.3 Å². The Bertz CT molecular complexity index is 460. The molecular weight excluding hydrogens is 272 g/mol. The van der Waals surface area contributed by atoms with E-state index in [2.05, 4.69) is 16.7 Å². The normalized spacial score (nSPS) is 22.2. The summed E-state index contributed by atoms with van der Waals surface area (Å²) in [6.07, 6.45) is 7.25. The fourth-order valence-electron chi connectivity index (χ4n) is 2.67. The smallest absolute Gasteiger partial charge is 0.322 e. The molecule has 5 nitrogen and oxygen atoms in total. The van der Waals surface area contributed by atoms with Gasteiger partial charge < -0.3 is 4.90 Å². The topological polar surface area (TPSA) is 50.2 Å². The van der Waals surface area contributed by atoms with Crippen LogP contribution in [0.3, 0.4) is 0 Å². The van der Waals surface area contributed by atoms with E-state index in [0.717, 1.165) is 18.7 Å². The molecule has 112 valence electrons. The van der Waals surface area contributed by atoms with Crippen molar-refractivity contribution in [2.24, 2.45) is 0 Å². The first kappa shape index (κ1) is 15.2. The molecule has 2 amide bonds. The number of nitrogens with one attached hydrogen (secondary N) is 1. The van der Waals surface area contributed by atoms with Crippen molar-refractivity contribution >= 4 is 23.6 Å². The number of aromatic nitrogens is 2. The lowest BCUT2D eigenvalue weighted by atomic mass is 10.2. The summed E-state index contributed by atoms with van der Waals surface area (Å²) in [5.74, 6) is 0.760. The fourth-order valence-corrected chi connectivity index (χ4v) is 3.46. The highest BCUT2D eigenvalue weighted by molar-refractivity contribution is 7.99. The van der Waals surface area contributed by atoms with Gasteiger partial charge in [-0.1, -0.05) is 0 Å². The summed E-state index contributed by atoms with van der Waals surface area (Å²) in [6, 6.07) is 2.38. The molecule has 0 radical (unpaired) electrons. The highest BCUT2D eigenvalue weighted by atomic mass is 32.2. The van der Waals surface area contributed by atoms with Gasteiger partial charge >= 0.3 is 6.03 Å². The van der Waals surface area contributed by atoms with Gasteiger partial charge in [-0.15, -0.1) is 0 Å². The van der Waals surface area contributed by atoms with E-state index < -0.39 is 0 Å². The second-order valence-electron chi connectivity index (χ2n) is 5.62. The number of amides is 2. The summed E-state index contributed by atoms with van der Waals surface area (Å²) in [5.41, 5.74) is 0. The number of rotatable bonds is 4. The van der Waals surface area contributed by atoms with Crippen LogP contribution in [0.25, 0.3) is 0 Å². The lowest BCUT2D eigenvalue weighted by Crippen LogP contribution is -2.39. The average molecular weight is 296 g/mol. The van der Waals surface area contributed by atoms with Gasteiger partial charge in [-0.05, 0) is 39.4 Å². The number of thioether (sulfide) groups is 1. The van der Waals surface area contributed by atoms with Crippen LogP contribution in [0, 0.1) is 0 Å². The van der Waals surface area contributed by atoms with E-state index in [1.807, 2.05) is 48.3 Å². The first-order valence-corrected chi connectivity index (χ1v) is 8.41. The van der Waals surface area contributed by atoms with Crippen LogP contribution in [-0.2, 0) is 0 Å². The first-order valence-electron chi connectivity index (χ1n) is 7.13. The molecule has 0 saturated heterocycles. The Balaban J connectivity index is 1.96. The zero-order chi connectivity index (χ0) is 14.7. The molecule has 1 aromatic heterocycles. The first-order chi connectivity index (χ1) is 9.52. The SMILES string of the molecule is CSC1CCC(N(C)C(=O)Nc2ccnn2C(C)C)C1. The van der Waals surface area contributed by atoms with Crippen molar-refractivity contribution in [2.45, 2.75) is 50.4 Å². The maximum Gasteiger partial charge on any atom is 0.322 e. The molecule has 1 heterocycles. The quantitative estimate of drug-likeness (QED) is 0.928. The Morgan fingerprint density at radius 1 is 1.55 bits per heavy atom. The highest BCUT2D eigenvalue weighted by Gasteiger charge is 2.29. The Labute approximate surface area is 125 Å². The summed E-state index contributed by atoms with van der Waals surface area (Å²) in [7, 11) is 1.89. The van der Waals surface area contributed by atoms with E-state index in [1.165, 1.54) is 6.42 Å². The molecule has 6 heteroatoms. The number of urea groups is 1. The van der Waals surface area contributed by atoms with Crippen molar-refractivity contribution < 1.29 is 4.79 Å². The van der Waals surface area contributed by atoms with Crippen LogP contribution in [0.1, 0.15) is 39.2 Å². The molecule has 2 rings (SSSR count). The van der Waals surface area contributed by atoms with Gasteiger partial charge in [-0.25, -0.2) is 9.48 Å². The Morgan fingerprint density at radius 2 is 2.30 bits per heavy atom. The minimum atomic E-state index is -0.0425. The third-order valence-electron chi connectivity index (χ3n) is 3.95. The zero-order valence-corrected chi connectivity index (χ0v) is 13.5. The van der Waals surface area contributed by atoms with Crippen LogP contribution in [0.4, 0.5) is 10.6 Å². The summed E-state index contributed by atoms with van der Waals surface area (Å²) in [4.78, 5) is 14.2. The third-order valence-corrected chi connectivity index (χ3v) is 5.05. The summed E-state index contributed by atoms with van der Waals surface area (Å²) < 4.78 is 1.82. The molecule has 2 unspecified atom stereocenters. The molecule has 0 spiro atoms. The Hall–Kier alpha value is -1.17. The maximum atomic E-state index is 12.3. The zero-order valence-electron chi connectivity index (χ0n) is 12.7. The van der Waals surface area contributed by atoms with Gasteiger partial charge in [0.05, 0.1) is 6.20 Å². The number of carbonyl (C=O) groups excluding carboxylic acids is 1. The van der Waals surface area contributed by atoms with Crippen LogP contribution >= 0.6 is 11.8 Å². The molecule has 20 heavy (non-hydrogen) atoms. The number of anilines is 1. The van der Waals surface area contributed by atoms with E-state index in [-0.39, 0.29) is 12.1 Å². The predicted octanol–water partition coefficient (Wildman–Crippen LogP) is 3.21. The van der Waals surface area contributed by atoms with Gasteiger partial charge in [0.2, 0.25) is 0 Å². The number of carbonyl (C=O) groups is 1. The molecule has 1 aromatic rings. The molecule has 0 bridgehead atoms. The van der Waals surface area contributed by atoms with Crippen LogP contribution in [0.2, 0.25) is 0 Å². The van der Waals surface area contributed by atoms with E-state index >= 15 is 0 Å². The van der Waals surface area contributed by atoms with Crippen molar-refractivity contribution in [1.82, 2.24) is 14.7 Å². The molecule has 1 aliphatic carbocycles. The Morgan fingerprint density at radius 3 is 2.90 bits per heavy atom. The summed E-state index contributed by atoms with van der Waals surface area (Å²) >= 11 is 1.90. The standard InChI is InChI=1S/C14H24N4OS/c1-10(2)18-13(7-8-15-18)16-14(19)17(3)11-5-6-12(9-11)20-4/h7-8,10-12H,5-6,9H2,1-4H3,(H,16,19). The predicted molar refractivity (Wildman–Crippen MR) is 84.3 cm³/mol. The minimum Gasteiger partial charge on any atom is -0.325 e. The fraction of sp³-hybridized carbons (Fsp3) is 0.714. The van der Waals surface area contributed by atoms with Crippen LogP contribution in [0.5, 0.6) is 0 Å². The lowest BCUT2D eigenvalue weighted by Gasteiger charge is -2.25. The second kappa shape index (κ2) is 6.52. The monoisotopic (exact) mass is 296 g/mol. The number of hydrogen-bond acceptors (Lipinski definition) is 3. The van der Waals surface area contributed by atoms with Gasteiger partial charge in [-0.3, -0.25) is 5.32 Å².